The summed E-state index contributed by atoms with van der Waals surface area (Å²) in [6.45, 7) is 3.25. The van der Waals surface area contributed by atoms with Gasteiger partial charge in [0.2, 0.25) is 5.95 Å². The molecule has 0 spiro atoms. The molecule has 31 heavy (non-hydrogen) atoms. The van der Waals surface area contributed by atoms with Crippen molar-refractivity contribution in [3.05, 3.63) is 84.6 Å². The van der Waals surface area contributed by atoms with Gasteiger partial charge in [-0.3, -0.25) is 4.57 Å². The van der Waals surface area contributed by atoms with Crippen LogP contribution in [0.25, 0.3) is 0 Å². The lowest BCUT2D eigenvalue weighted by Gasteiger charge is -2.18. The lowest BCUT2D eigenvalue weighted by atomic mass is 10.2. The minimum atomic E-state index is -4.55. The van der Waals surface area contributed by atoms with Gasteiger partial charge in [-0.1, -0.05) is 35.3 Å². The summed E-state index contributed by atoms with van der Waals surface area (Å²) in [4.78, 5) is 29.3. The largest absolute Gasteiger partial charge is 0.416 e. The van der Waals surface area contributed by atoms with Gasteiger partial charge in [0.15, 0.2) is 0 Å². The molecule has 0 saturated carbocycles. The van der Waals surface area contributed by atoms with E-state index in [4.69, 9.17) is 23.2 Å². The van der Waals surface area contributed by atoms with E-state index in [-0.39, 0.29) is 23.2 Å². The SMILES string of the molecule is CC(C)n1c(=O)nc(Nc2cccc(C(F)(F)F)c2)n(Cc2ccc(Cl)c(Cl)c2)c1=O. The van der Waals surface area contributed by atoms with Gasteiger partial charge < -0.3 is 5.32 Å². The molecule has 3 rings (SSSR count). The lowest BCUT2D eigenvalue weighted by Crippen LogP contribution is -2.43. The Labute approximate surface area is 184 Å². The zero-order valence-electron chi connectivity index (χ0n) is 16.4. The molecular formula is C20H17Cl2F3N4O2. The molecule has 0 unspecified atom stereocenters. The topological polar surface area (TPSA) is 68.9 Å². The van der Waals surface area contributed by atoms with E-state index < -0.39 is 29.2 Å². The van der Waals surface area contributed by atoms with E-state index in [1.54, 1.807) is 32.0 Å². The van der Waals surface area contributed by atoms with E-state index in [9.17, 15) is 22.8 Å². The highest BCUT2D eigenvalue weighted by Gasteiger charge is 2.30. The van der Waals surface area contributed by atoms with Crippen molar-refractivity contribution in [1.29, 1.82) is 0 Å². The van der Waals surface area contributed by atoms with Crippen LogP contribution < -0.4 is 16.7 Å². The fraction of sp³-hybridized carbons (Fsp3) is 0.250. The number of hydrogen-bond donors (Lipinski definition) is 1. The number of aromatic nitrogens is 3. The summed E-state index contributed by atoms with van der Waals surface area (Å²) in [5.41, 5.74) is -1.77. The van der Waals surface area contributed by atoms with Gasteiger partial charge in [-0.15, -0.1) is 0 Å². The second-order valence-electron chi connectivity index (χ2n) is 7.00. The zero-order valence-corrected chi connectivity index (χ0v) is 17.9. The Balaban J connectivity index is 2.12. The van der Waals surface area contributed by atoms with Crippen molar-refractivity contribution in [2.24, 2.45) is 0 Å². The number of nitrogens with zero attached hydrogens (tertiary/aromatic N) is 3. The monoisotopic (exact) mass is 472 g/mol. The Morgan fingerprint density at radius 2 is 1.77 bits per heavy atom. The molecule has 0 aliphatic heterocycles. The maximum absolute atomic E-state index is 13.0. The summed E-state index contributed by atoms with van der Waals surface area (Å²) >= 11 is 12.0. The number of rotatable bonds is 5. The maximum Gasteiger partial charge on any atom is 0.416 e. The molecule has 0 atom stereocenters. The molecule has 0 fully saturated rings. The lowest BCUT2D eigenvalue weighted by molar-refractivity contribution is -0.137. The second-order valence-corrected chi connectivity index (χ2v) is 7.82. The molecule has 1 aromatic heterocycles. The Morgan fingerprint density at radius 1 is 1.06 bits per heavy atom. The summed E-state index contributed by atoms with van der Waals surface area (Å²) < 4.78 is 41.2. The molecule has 11 heteroatoms. The van der Waals surface area contributed by atoms with Crippen LogP contribution >= 0.6 is 23.2 Å². The summed E-state index contributed by atoms with van der Waals surface area (Å²) in [5, 5.41) is 3.25. The smallest absolute Gasteiger partial charge is 0.325 e. The highest BCUT2D eigenvalue weighted by atomic mass is 35.5. The van der Waals surface area contributed by atoms with Crippen LogP contribution in [-0.2, 0) is 12.7 Å². The molecule has 0 bridgehead atoms. The van der Waals surface area contributed by atoms with Gasteiger partial charge in [-0.2, -0.15) is 18.2 Å². The van der Waals surface area contributed by atoms with Gasteiger partial charge in [-0.05, 0) is 49.7 Å². The number of halogens is 5. The van der Waals surface area contributed by atoms with Crippen LogP contribution in [0.3, 0.4) is 0 Å². The Morgan fingerprint density at radius 3 is 2.39 bits per heavy atom. The fourth-order valence-corrected chi connectivity index (χ4v) is 3.23. The number of nitrogens with one attached hydrogen (secondary N) is 1. The summed E-state index contributed by atoms with van der Waals surface area (Å²) in [7, 11) is 0. The number of benzene rings is 2. The van der Waals surface area contributed by atoms with Crippen molar-refractivity contribution in [1.82, 2.24) is 14.1 Å². The van der Waals surface area contributed by atoms with Gasteiger partial charge in [0.25, 0.3) is 0 Å². The van der Waals surface area contributed by atoms with Crippen molar-refractivity contribution < 1.29 is 13.2 Å². The first kappa shape index (κ1) is 22.9. The van der Waals surface area contributed by atoms with E-state index in [2.05, 4.69) is 10.3 Å². The normalized spacial score (nSPS) is 11.7. The molecule has 0 radical (unpaired) electrons. The van der Waals surface area contributed by atoms with Gasteiger partial charge in [-0.25, -0.2) is 14.2 Å². The Bertz CT molecular complexity index is 1240. The van der Waals surface area contributed by atoms with Crippen LogP contribution in [0.1, 0.15) is 31.0 Å². The summed E-state index contributed by atoms with van der Waals surface area (Å²) in [6, 6.07) is 8.63. The van der Waals surface area contributed by atoms with E-state index >= 15 is 0 Å². The zero-order chi connectivity index (χ0) is 22.9. The van der Waals surface area contributed by atoms with Crippen molar-refractivity contribution in [3.63, 3.8) is 0 Å². The molecule has 0 aliphatic carbocycles. The van der Waals surface area contributed by atoms with Crippen LogP contribution in [0.5, 0.6) is 0 Å². The first-order chi connectivity index (χ1) is 14.5. The van der Waals surface area contributed by atoms with Crippen molar-refractivity contribution in [3.8, 4) is 0 Å². The van der Waals surface area contributed by atoms with E-state index in [1.807, 2.05) is 0 Å². The molecule has 3 aromatic rings. The van der Waals surface area contributed by atoms with Gasteiger partial charge in [0.1, 0.15) is 0 Å². The first-order valence-corrected chi connectivity index (χ1v) is 9.84. The van der Waals surface area contributed by atoms with Crippen molar-refractivity contribution >= 4 is 34.8 Å². The van der Waals surface area contributed by atoms with Gasteiger partial charge in [0, 0.05) is 11.7 Å². The molecule has 6 nitrogen and oxygen atoms in total. The minimum Gasteiger partial charge on any atom is -0.325 e. The third kappa shape index (κ3) is 5.11. The molecule has 0 amide bonds. The third-order valence-electron chi connectivity index (χ3n) is 4.39. The molecule has 164 valence electrons. The average Bonchev–Trinajstić information content (AvgIpc) is 2.67. The van der Waals surface area contributed by atoms with Crippen molar-refractivity contribution in [2.45, 2.75) is 32.6 Å². The number of hydrogen-bond acceptors (Lipinski definition) is 4. The van der Waals surface area contributed by atoms with Gasteiger partial charge >= 0.3 is 17.6 Å². The Kier molecular flexibility index (Phi) is 6.47. The van der Waals surface area contributed by atoms with Crippen molar-refractivity contribution in [2.75, 3.05) is 5.32 Å². The minimum absolute atomic E-state index is 0.0197. The van der Waals surface area contributed by atoms with Crippen LogP contribution in [0.2, 0.25) is 10.0 Å². The first-order valence-electron chi connectivity index (χ1n) is 9.09. The predicted molar refractivity (Wildman–Crippen MR) is 113 cm³/mol. The van der Waals surface area contributed by atoms with Crippen LogP contribution in [0, 0.1) is 0 Å². The van der Waals surface area contributed by atoms with Crippen LogP contribution in [-0.4, -0.2) is 14.1 Å². The Hall–Kier alpha value is -2.78. The highest BCUT2D eigenvalue weighted by Crippen LogP contribution is 2.31. The number of anilines is 2. The molecule has 2 aromatic carbocycles. The van der Waals surface area contributed by atoms with Crippen LogP contribution in [0.4, 0.5) is 24.8 Å². The summed E-state index contributed by atoms with van der Waals surface area (Å²) in [6.07, 6.45) is -4.55. The fourth-order valence-electron chi connectivity index (χ4n) is 2.91. The molecule has 1 heterocycles. The summed E-state index contributed by atoms with van der Waals surface area (Å²) in [5.74, 6) is -0.197. The van der Waals surface area contributed by atoms with E-state index in [1.165, 1.54) is 12.1 Å². The maximum atomic E-state index is 13.0. The molecule has 0 aliphatic rings. The predicted octanol–water partition coefficient (Wildman–Crippen LogP) is 5.10. The van der Waals surface area contributed by atoms with E-state index in [0.29, 0.717) is 10.6 Å². The molecule has 1 N–H and O–H groups in total. The van der Waals surface area contributed by atoms with Gasteiger partial charge in [0.05, 0.1) is 22.2 Å². The third-order valence-corrected chi connectivity index (χ3v) is 5.13. The average molecular weight is 473 g/mol. The highest BCUT2D eigenvalue weighted by molar-refractivity contribution is 6.42. The van der Waals surface area contributed by atoms with Crippen LogP contribution in [0.15, 0.2) is 52.1 Å². The molecular weight excluding hydrogens is 456 g/mol. The number of alkyl halides is 3. The van der Waals surface area contributed by atoms with E-state index in [0.717, 1.165) is 21.3 Å². The standard InChI is InChI=1S/C20H17Cl2F3N4O2/c1-11(2)29-18(30)27-17(26-14-5-3-4-13(9-14)20(23,24)25)28(19(29)31)10-12-6-7-15(21)16(22)8-12/h3-9,11H,10H2,1-2H3,(H,26,27,30). The second kappa shape index (κ2) is 8.76. The molecule has 0 saturated heterocycles. The quantitative estimate of drug-likeness (QED) is 0.560.